The van der Waals surface area contributed by atoms with Crippen LogP contribution in [-0.2, 0) is 46.9 Å². The van der Waals surface area contributed by atoms with Gasteiger partial charge in [-0.05, 0) is 67.2 Å². The molecule has 1 unspecified atom stereocenters. The fourth-order valence-corrected chi connectivity index (χ4v) is 12.7. The predicted molar refractivity (Wildman–Crippen MR) is 353 cm³/mol. The number of anilines is 4. The average Bonchev–Trinajstić information content (AvgIpc) is 1.22. The highest BCUT2D eigenvalue weighted by Crippen LogP contribution is 2.37. The number of fused-ring (bicyclic) bond motifs is 4. The molecule has 7 aromatic rings. The van der Waals surface area contributed by atoms with Crippen LogP contribution in [0.3, 0.4) is 0 Å². The number of benzene rings is 4. The Bertz CT molecular complexity index is 3830. The Morgan fingerprint density at radius 2 is 1.18 bits per heavy atom. The van der Waals surface area contributed by atoms with Crippen LogP contribution in [-0.4, -0.2) is 148 Å². The van der Waals surface area contributed by atoms with Gasteiger partial charge in [-0.15, -0.1) is 0 Å². The molecule has 6 aliphatic heterocycles. The van der Waals surface area contributed by atoms with Crippen molar-refractivity contribution in [3.8, 4) is 12.0 Å². The van der Waals surface area contributed by atoms with Crippen molar-refractivity contribution in [2.24, 2.45) is 4.99 Å². The van der Waals surface area contributed by atoms with E-state index in [9.17, 15) is 9.59 Å². The van der Waals surface area contributed by atoms with Gasteiger partial charge < -0.3 is 57.9 Å². The Morgan fingerprint density at radius 1 is 0.648 bits per heavy atom. The normalized spacial score (nSPS) is 18.7. The monoisotopic (exact) mass is 1220 g/mol. The third-order valence-corrected chi connectivity index (χ3v) is 17.0. The van der Waals surface area contributed by atoms with Crippen LogP contribution in [0.5, 0.6) is 12.0 Å². The third-order valence-electron chi connectivity index (χ3n) is 17.0. The second-order valence-electron chi connectivity index (χ2n) is 22.1. The van der Waals surface area contributed by atoms with E-state index in [1.54, 1.807) is 22.2 Å². The molecule has 0 bridgehead atoms. The number of nitrogens with zero attached hydrogens (tertiary/aromatic N) is 15. The van der Waals surface area contributed by atoms with E-state index in [1.807, 2.05) is 16.8 Å². The van der Waals surface area contributed by atoms with Gasteiger partial charge in [0.2, 0.25) is 24.9 Å². The number of rotatable bonds is 15. The first-order valence-electron chi connectivity index (χ1n) is 29.6. The molecule has 9 heterocycles. The summed E-state index contributed by atoms with van der Waals surface area (Å²) in [6.45, 7) is 30.1. The maximum absolute atomic E-state index is 12.6. The van der Waals surface area contributed by atoms with E-state index in [2.05, 4.69) is 137 Å². The molecule has 0 N–H and O–H groups in total. The van der Waals surface area contributed by atoms with Gasteiger partial charge in [0.05, 0.1) is 30.2 Å². The molecule has 2 amide bonds. The van der Waals surface area contributed by atoms with Gasteiger partial charge in [0.1, 0.15) is 49.0 Å². The predicted octanol–water partition coefficient (Wildman–Crippen LogP) is 9.07. The second-order valence-corrected chi connectivity index (χ2v) is 22.1. The highest BCUT2D eigenvalue weighted by molar-refractivity contribution is 7.59. The molecule has 6 aliphatic rings. The number of hydrogen-bond acceptors (Lipinski definition) is 15. The first-order valence-corrected chi connectivity index (χ1v) is 29.6. The Hall–Kier alpha value is -8.96. The largest absolute Gasteiger partial charge is 0.457 e. The molecule has 3 atom stereocenters. The summed E-state index contributed by atoms with van der Waals surface area (Å²) < 4.78 is 20.4. The SMILES string of the molecule is S.S.[C-]#[N+]C[C@H]1CN(c2nc(OCC3=NC=CC3)nc3c2CCN(c2cccc4ccccc24)C3)CCN1C(=O)C=C.[C-]#[N+]C[C@H]1CN(c2nc(OCc3nccn3C3CCCCO3)nc3c2CCN(c2cccc4ccccc24)C3)CCN1C(=O)C=C. The number of hydrogen-bond donors (Lipinski definition) is 0. The van der Waals surface area contributed by atoms with Crippen LogP contribution < -0.4 is 29.1 Å². The minimum atomic E-state index is -0.259. The Kier molecular flexibility index (Phi) is 20.3. The molecule has 0 radical (unpaired) electrons. The third kappa shape index (κ3) is 13.4. The maximum atomic E-state index is 12.6. The van der Waals surface area contributed by atoms with Crippen LogP contribution in [0.1, 0.15) is 60.3 Å². The number of allylic oxidation sites excluding steroid dienone is 1. The number of amides is 2. The summed E-state index contributed by atoms with van der Waals surface area (Å²) in [4.78, 5) is 73.7. The maximum Gasteiger partial charge on any atom is 0.319 e. The van der Waals surface area contributed by atoms with E-state index in [1.165, 1.54) is 45.1 Å². The fourth-order valence-electron chi connectivity index (χ4n) is 12.7. The van der Waals surface area contributed by atoms with Gasteiger partial charge >= 0.3 is 12.0 Å². The molecular formula is C66H73N15O5S2. The lowest BCUT2D eigenvalue weighted by Crippen LogP contribution is -2.56. The van der Waals surface area contributed by atoms with Gasteiger partial charge in [-0.25, -0.2) is 18.1 Å². The van der Waals surface area contributed by atoms with E-state index >= 15 is 0 Å². The van der Waals surface area contributed by atoms with Gasteiger partial charge in [-0.1, -0.05) is 92.0 Å². The first kappa shape index (κ1) is 62.1. The number of carbonyl (C=O) groups excluding carboxylic acids is 2. The highest BCUT2D eigenvalue weighted by Gasteiger charge is 2.37. The highest BCUT2D eigenvalue weighted by atomic mass is 32.1. The van der Waals surface area contributed by atoms with Gasteiger partial charge in [0.25, 0.3) is 0 Å². The van der Waals surface area contributed by atoms with Crippen LogP contribution in [0, 0.1) is 13.1 Å². The smallest absolute Gasteiger partial charge is 0.319 e. The van der Waals surface area contributed by atoms with Gasteiger partial charge in [0.15, 0.2) is 0 Å². The Balaban J connectivity index is 0.000000192. The number of piperazine rings is 2. The molecule has 3 aromatic heterocycles. The van der Waals surface area contributed by atoms with Crippen LogP contribution in [0.25, 0.3) is 31.2 Å². The van der Waals surface area contributed by atoms with Crippen LogP contribution in [0.4, 0.5) is 23.0 Å². The van der Waals surface area contributed by atoms with Gasteiger partial charge in [-0.3, -0.25) is 14.6 Å². The van der Waals surface area contributed by atoms with Gasteiger partial charge in [0, 0.05) is 117 Å². The zero-order valence-electron chi connectivity index (χ0n) is 49.3. The zero-order valence-corrected chi connectivity index (χ0v) is 51.3. The molecule has 88 heavy (non-hydrogen) atoms. The molecule has 3 fully saturated rings. The molecule has 20 nitrogen and oxygen atoms in total. The Labute approximate surface area is 527 Å². The van der Waals surface area contributed by atoms with Crippen molar-refractivity contribution in [2.45, 2.75) is 76.5 Å². The summed E-state index contributed by atoms with van der Waals surface area (Å²) in [5, 5.41) is 4.84. The van der Waals surface area contributed by atoms with Crippen molar-refractivity contribution in [3.05, 3.63) is 186 Å². The average molecular weight is 1220 g/mol. The van der Waals surface area contributed by atoms with Crippen molar-refractivity contribution in [1.29, 1.82) is 0 Å². The topological polar surface area (TPSA) is 172 Å². The summed E-state index contributed by atoms with van der Waals surface area (Å²) in [6, 6.07) is 29.8. The number of carbonyl (C=O) groups is 2. The lowest BCUT2D eigenvalue weighted by atomic mass is 10.0. The lowest BCUT2D eigenvalue weighted by Gasteiger charge is -2.41. The van der Waals surface area contributed by atoms with E-state index in [-0.39, 0.29) is 76.8 Å². The van der Waals surface area contributed by atoms with Crippen LogP contribution in [0.15, 0.2) is 140 Å². The van der Waals surface area contributed by atoms with Crippen molar-refractivity contribution >= 4 is 89.1 Å². The second kappa shape index (κ2) is 28.7. The Morgan fingerprint density at radius 3 is 1.68 bits per heavy atom. The molecule has 4 aromatic carbocycles. The quantitative estimate of drug-likeness (QED) is 0.0703. The van der Waals surface area contributed by atoms with Crippen LogP contribution >= 0.6 is 27.0 Å². The van der Waals surface area contributed by atoms with E-state index in [0.717, 1.165) is 104 Å². The molecular weight excluding hydrogens is 1150 g/mol. The minimum absolute atomic E-state index is 0. The standard InChI is InChI=1S/C35H38N8O3.C31H31N7O2.2H2S/c1-3-32(44)42-19-18-41(22-26(42)21-36-2)34-28-14-16-40(30-12-8-10-25-9-4-5-11-27(25)30)23-29(28)38-35(39-34)46-24-31-37-15-17-43(31)33-13-6-7-20-45-33;1-3-29(39)38-17-16-37(19-24(38)18-32-2)30-26-13-15-36(28-12-6-9-22-8-4-5-11-25(22)28)20-27(26)34-31(35-30)40-21-23-10-7-14-33-23;;/h3-5,8-12,15,17,26,33H,1,6-7,13-14,16,18-24H2;3-9,11-12,14,24H,1,10,13,15-21H2;2*1H2/t26-,33?;24-;;/m00../s1. The number of aromatic nitrogens is 6. The summed E-state index contributed by atoms with van der Waals surface area (Å²) >= 11 is 0. The van der Waals surface area contributed by atoms with Crippen molar-refractivity contribution in [3.63, 3.8) is 0 Å². The fraction of sp³-hybridized carbons (Fsp3) is 0.364. The summed E-state index contributed by atoms with van der Waals surface area (Å²) in [6.07, 6.45) is 15.6. The molecule has 0 aliphatic carbocycles. The summed E-state index contributed by atoms with van der Waals surface area (Å²) in [5.74, 6) is 2.13. The molecule has 3 saturated heterocycles. The number of aliphatic imine (C=N–C) groups is 1. The van der Waals surface area contributed by atoms with Crippen LogP contribution in [0.2, 0.25) is 0 Å². The molecule has 22 heteroatoms. The summed E-state index contributed by atoms with van der Waals surface area (Å²) in [5.41, 5.74) is 7.36. The minimum Gasteiger partial charge on any atom is -0.457 e. The first-order chi connectivity index (χ1) is 42.3. The van der Waals surface area contributed by atoms with E-state index in [0.29, 0.717) is 71.0 Å². The van der Waals surface area contributed by atoms with E-state index < -0.39 is 0 Å². The number of imidazole rings is 1. The van der Waals surface area contributed by atoms with E-state index in [4.69, 9.17) is 47.3 Å². The zero-order chi connectivity index (χ0) is 58.9. The molecule has 0 spiro atoms. The van der Waals surface area contributed by atoms with Crippen molar-refractivity contribution in [1.82, 2.24) is 39.3 Å². The van der Waals surface area contributed by atoms with Crippen molar-refractivity contribution in [2.75, 3.05) is 98.3 Å². The summed E-state index contributed by atoms with van der Waals surface area (Å²) in [7, 11) is 0. The molecule has 13 rings (SSSR count). The molecule has 0 saturated carbocycles. The lowest BCUT2D eigenvalue weighted by molar-refractivity contribution is -0.129. The number of ether oxygens (including phenoxy) is 3. The van der Waals surface area contributed by atoms with Crippen molar-refractivity contribution < 1.29 is 23.8 Å². The van der Waals surface area contributed by atoms with Gasteiger partial charge in [-0.2, -0.15) is 46.9 Å². The molecule has 454 valence electrons.